The second-order valence-electron chi connectivity index (χ2n) is 11.9. The van der Waals surface area contributed by atoms with Crippen LogP contribution in [0, 0.1) is 28.4 Å². The normalized spacial score (nSPS) is 17.4. The molecule has 4 rings (SSSR count). The molecule has 2 aromatic rings. The summed E-state index contributed by atoms with van der Waals surface area (Å²) in [6, 6.07) is 5.17. The Kier molecular flexibility index (Phi) is 11.8. The Labute approximate surface area is 269 Å². The fourth-order valence-electron chi connectivity index (χ4n) is 6.87. The van der Waals surface area contributed by atoms with Crippen molar-refractivity contribution in [3.8, 4) is 11.3 Å². The van der Waals surface area contributed by atoms with Gasteiger partial charge in [-0.2, -0.15) is 0 Å². The number of primary amides is 1. The van der Waals surface area contributed by atoms with Crippen LogP contribution in [0.4, 0.5) is 5.69 Å². The molecule has 2 amide bonds. The Balaban J connectivity index is 1.54. The number of pyridine rings is 1. The standard InChI is InChI=1S/C34H44N6O6/c1-23-27(26-14-7-9-18-37-26)29(25(13-6-8-17-35)30(40(44)45)28(23)31(36)41)32(42)38-19-10-20-39-21-15-34(16-22-39,33(43)46-2)24-11-4-3-5-12-24/h3-5,7,9,11,14,18,24H,6,8,10,12-13,15-17,19-22,35H2,1-2H3,(H2,36,41)(H,38,42). The number of rotatable bonds is 14. The molecule has 2 aliphatic rings. The summed E-state index contributed by atoms with van der Waals surface area (Å²) in [7, 11) is 1.45. The third kappa shape index (κ3) is 7.34. The Hall–Kier alpha value is -4.42. The molecule has 1 aromatic carbocycles. The number of unbranched alkanes of at least 4 members (excludes halogenated alkanes) is 1. The molecule has 1 fully saturated rings. The number of hydrogen-bond acceptors (Lipinski definition) is 9. The van der Waals surface area contributed by atoms with Crippen LogP contribution >= 0.6 is 0 Å². The molecule has 46 heavy (non-hydrogen) atoms. The second-order valence-corrected chi connectivity index (χ2v) is 11.9. The average Bonchev–Trinajstić information content (AvgIpc) is 3.07. The summed E-state index contributed by atoms with van der Waals surface area (Å²) < 4.78 is 5.24. The van der Waals surface area contributed by atoms with Gasteiger partial charge in [0.1, 0.15) is 5.56 Å². The molecular weight excluding hydrogens is 588 g/mol. The molecule has 12 heteroatoms. The van der Waals surface area contributed by atoms with Crippen molar-refractivity contribution < 1.29 is 24.0 Å². The molecule has 246 valence electrons. The molecule has 1 atom stereocenters. The van der Waals surface area contributed by atoms with Crippen LogP contribution in [0.5, 0.6) is 0 Å². The molecule has 5 N–H and O–H groups in total. The van der Waals surface area contributed by atoms with E-state index in [-0.39, 0.29) is 40.6 Å². The summed E-state index contributed by atoms with van der Waals surface area (Å²) in [5.74, 6) is -1.48. The molecule has 1 aliphatic carbocycles. The van der Waals surface area contributed by atoms with E-state index in [1.807, 2.05) is 12.2 Å². The van der Waals surface area contributed by atoms with Crippen molar-refractivity contribution in [3.05, 3.63) is 81.1 Å². The Bertz CT molecular complexity index is 1500. The van der Waals surface area contributed by atoms with E-state index < -0.39 is 27.8 Å². The van der Waals surface area contributed by atoms with Crippen LogP contribution in [0.2, 0.25) is 0 Å². The summed E-state index contributed by atoms with van der Waals surface area (Å²) in [4.78, 5) is 57.9. The zero-order chi connectivity index (χ0) is 33.3. The minimum absolute atomic E-state index is 0.104. The van der Waals surface area contributed by atoms with Crippen LogP contribution in [0.1, 0.15) is 70.4 Å². The molecule has 1 aromatic heterocycles. The van der Waals surface area contributed by atoms with Gasteiger partial charge in [-0.1, -0.05) is 30.4 Å². The highest BCUT2D eigenvalue weighted by atomic mass is 16.6. The number of likely N-dealkylation sites (tertiary alicyclic amines) is 1. The number of allylic oxidation sites excluding steroid dienone is 4. The first-order valence-electron chi connectivity index (χ1n) is 15.8. The largest absolute Gasteiger partial charge is 0.469 e. The van der Waals surface area contributed by atoms with Crippen molar-refractivity contribution in [3.63, 3.8) is 0 Å². The maximum Gasteiger partial charge on any atom is 0.312 e. The van der Waals surface area contributed by atoms with E-state index in [0.29, 0.717) is 63.0 Å². The number of nitrogens with one attached hydrogen (secondary N) is 1. The van der Waals surface area contributed by atoms with Crippen LogP contribution in [0.3, 0.4) is 0 Å². The number of aromatic nitrogens is 1. The van der Waals surface area contributed by atoms with E-state index in [9.17, 15) is 24.5 Å². The lowest BCUT2D eigenvalue weighted by Crippen LogP contribution is -2.49. The van der Waals surface area contributed by atoms with Crippen LogP contribution in [-0.2, 0) is 16.0 Å². The number of carbonyl (C=O) groups excluding carboxylic acids is 3. The third-order valence-corrected chi connectivity index (χ3v) is 9.25. The predicted octanol–water partition coefficient (Wildman–Crippen LogP) is 3.85. The van der Waals surface area contributed by atoms with Crippen molar-refractivity contribution >= 4 is 23.5 Å². The molecular formula is C34H44N6O6. The van der Waals surface area contributed by atoms with Crippen molar-refractivity contribution in [2.75, 3.05) is 39.8 Å². The van der Waals surface area contributed by atoms with Gasteiger partial charge in [-0.25, -0.2) is 0 Å². The SMILES string of the molecule is COC(=O)C1(C2C=CC=CC2)CCN(CCCNC(=O)c2c(CCCCN)c([N+](=O)[O-])c(C(N)=O)c(C)c2-c2ccccn2)CC1. The van der Waals surface area contributed by atoms with E-state index in [1.165, 1.54) is 7.11 Å². The smallest absolute Gasteiger partial charge is 0.312 e. The maximum absolute atomic E-state index is 13.9. The number of benzene rings is 1. The van der Waals surface area contributed by atoms with Crippen molar-refractivity contribution in [2.45, 2.75) is 51.9 Å². The van der Waals surface area contributed by atoms with Crippen LogP contribution in [0.15, 0.2) is 48.7 Å². The molecule has 0 bridgehead atoms. The zero-order valence-corrected chi connectivity index (χ0v) is 26.6. The zero-order valence-electron chi connectivity index (χ0n) is 26.6. The first kappa shape index (κ1) is 34.5. The summed E-state index contributed by atoms with van der Waals surface area (Å²) in [5.41, 5.74) is 11.4. The molecule has 1 saturated heterocycles. The lowest BCUT2D eigenvalue weighted by Gasteiger charge is -2.43. The fraction of sp³-hybridized carbons (Fsp3) is 0.471. The first-order valence-corrected chi connectivity index (χ1v) is 15.8. The molecule has 0 radical (unpaired) electrons. The van der Waals surface area contributed by atoms with Crippen LogP contribution in [0.25, 0.3) is 11.3 Å². The number of ether oxygens (including phenoxy) is 1. The lowest BCUT2D eigenvalue weighted by atomic mass is 9.66. The molecule has 2 heterocycles. The van der Waals surface area contributed by atoms with Crippen LogP contribution in [-0.4, -0.2) is 72.4 Å². The summed E-state index contributed by atoms with van der Waals surface area (Å²) in [5, 5.41) is 15.4. The van der Waals surface area contributed by atoms with Crippen molar-refractivity contribution in [1.82, 2.24) is 15.2 Å². The first-order chi connectivity index (χ1) is 22.2. The van der Waals surface area contributed by atoms with E-state index in [4.69, 9.17) is 16.2 Å². The molecule has 1 unspecified atom stereocenters. The Morgan fingerprint density at radius 3 is 2.50 bits per heavy atom. The fourth-order valence-corrected chi connectivity index (χ4v) is 6.87. The summed E-state index contributed by atoms with van der Waals surface area (Å²) in [6.45, 7) is 4.42. The third-order valence-electron chi connectivity index (χ3n) is 9.25. The van der Waals surface area contributed by atoms with E-state index in [2.05, 4.69) is 27.4 Å². The highest BCUT2D eigenvalue weighted by Gasteiger charge is 2.47. The van der Waals surface area contributed by atoms with Gasteiger partial charge in [0.25, 0.3) is 17.5 Å². The van der Waals surface area contributed by atoms with Gasteiger partial charge in [-0.3, -0.25) is 29.5 Å². The summed E-state index contributed by atoms with van der Waals surface area (Å²) >= 11 is 0. The number of carbonyl (C=O) groups is 3. The molecule has 12 nitrogen and oxygen atoms in total. The van der Waals surface area contributed by atoms with Crippen molar-refractivity contribution in [1.29, 1.82) is 0 Å². The van der Waals surface area contributed by atoms with Gasteiger partial charge in [0, 0.05) is 23.9 Å². The van der Waals surface area contributed by atoms with Gasteiger partial charge in [-0.05, 0) is 102 Å². The summed E-state index contributed by atoms with van der Waals surface area (Å²) in [6.07, 6.45) is 13.8. The van der Waals surface area contributed by atoms with E-state index in [1.54, 1.807) is 31.3 Å². The van der Waals surface area contributed by atoms with E-state index >= 15 is 0 Å². The minimum atomic E-state index is -0.942. The quantitative estimate of drug-likeness (QED) is 0.120. The topological polar surface area (TPSA) is 184 Å². The highest BCUT2D eigenvalue weighted by Crippen LogP contribution is 2.44. The van der Waals surface area contributed by atoms with Crippen LogP contribution < -0.4 is 16.8 Å². The lowest BCUT2D eigenvalue weighted by molar-refractivity contribution is -0.385. The molecule has 0 saturated carbocycles. The number of amides is 2. The number of nitrogens with zero attached hydrogens (tertiary/aromatic N) is 3. The number of hydrogen-bond donors (Lipinski definition) is 3. The van der Waals surface area contributed by atoms with Gasteiger partial charge < -0.3 is 26.4 Å². The van der Waals surface area contributed by atoms with Gasteiger partial charge in [-0.15, -0.1) is 0 Å². The number of esters is 1. The number of piperidine rings is 1. The van der Waals surface area contributed by atoms with E-state index in [0.717, 1.165) is 19.5 Å². The van der Waals surface area contributed by atoms with Gasteiger partial charge in [0.15, 0.2) is 0 Å². The van der Waals surface area contributed by atoms with Gasteiger partial charge >= 0.3 is 5.97 Å². The van der Waals surface area contributed by atoms with Gasteiger partial charge in [0.05, 0.1) is 28.7 Å². The molecule has 0 spiro atoms. The second kappa shape index (κ2) is 15.7. The number of nitro groups is 1. The number of nitro benzene ring substituents is 1. The minimum Gasteiger partial charge on any atom is -0.469 e. The number of nitrogens with two attached hydrogens (primary N) is 2. The van der Waals surface area contributed by atoms with Crippen molar-refractivity contribution in [2.24, 2.45) is 22.8 Å². The molecule has 1 aliphatic heterocycles. The Morgan fingerprint density at radius 1 is 1.15 bits per heavy atom. The highest BCUT2D eigenvalue weighted by molar-refractivity contribution is 6.09. The van der Waals surface area contributed by atoms with Gasteiger partial charge in [0.2, 0.25) is 0 Å². The number of methoxy groups -OCH3 is 1. The monoisotopic (exact) mass is 632 g/mol. The maximum atomic E-state index is 13.9. The predicted molar refractivity (Wildman–Crippen MR) is 175 cm³/mol. The average molecular weight is 633 g/mol. The Morgan fingerprint density at radius 2 is 1.91 bits per heavy atom.